The molecule has 0 radical (unpaired) electrons. The zero-order valence-electron chi connectivity index (χ0n) is 17.8. The van der Waals surface area contributed by atoms with Crippen molar-refractivity contribution >= 4 is 12.1 Å². The van der Waals surface area contributed by atoms with E-state index >= 15 is 0 Å². The summed E-state index contributed by atoms with van der Waals surface area (Å²) in [5.74, 6) is -0.427. The van der Waals surface area contributed by atoms with E-state index in [0.29, 0.717) is 12.8 Å². The molecule has 3 rings (SSSR count). The quantitative estimate of drug-likeness (QED) is 0.478. The van der Waals surface area contributed by atoms with E-state index in [1.807, 2.05) is 81.4 Å². The van der Waals surface area contributed by atoms with Gasteiger partial charge in [-0.2, -0.15) is 0 Å². The lowest BCUT2D eigenvalue weighted by molar-refractivity contribution is -0.174. The molecule has 1 amide bonds. The number of rotatable bonds is 5. The van der Waals surface area contributed by atoms with E-state index in [0.717, 1.165) is 11.1 Å². The van der Waals surface area contributed by atoms with Gasteiger partial charge in [0.15, 0.2) is 6.10 Å². The van der Waals surface area contributed by atoms with Crippen LogP contribution in [0.5, 0.6) is 0 Å². The van der Waals surface area contributed by atoms with Gasteiger partial charge in [-0.25, -0.2) is 9.59 Å². The number of carbonyl (C=O) groups excluding carboxylic acids is 2. The summed E-state index contributed by atoms with van der Waals surface area (Å²) in [6.07, 6.45) is 1.58. The molecule has 0 N–H and O–H groups in total. The smallest absolute Gasteiger partial charge is 0.411 e. The number of carbonyl (C=O) groups is 2. The summed E-state index contributed by atoms with van der Waals surface area (Å²) in [5.41, 5.74) is 1.02. The van der Waals surface area contributed by atoms with Crippen LogP contribution >= 0.6 is 0 Å². The van der Waals surface area contributed by atoms with Crippen molar-refractivity contribution in [1.82, 2.24) is 4.90 Å². The molecule has 5 heteroatoms. The highest BCUT2D eigenvalue weighted by Gasteiger charge is 2.48. The van der Waals surface area contributed by atoms with Gasteiger partial charge >= 0.3 is 12.1 Å². The first-order valence-corrected chi connectivity index (χ1v) is 10.2. The Hall–Kier alpha value is -3.08. The van der Waals surface area contributed by atoms with Crippen LogP contribution in [-0.4, -0.2) is 28.6 Å². The maximum absolute atomic E-state index is 13.4. The largest absolute Gasteiger partial charge is 0.453 e. The highest BCUT2D eigenvalue weighted by molar-refractivity contribution is 5.83. The molecule has 1 aliphatic heterocycles. The van der Waals surface area contributed by atoms with Gasteiger partial charge in [-0.1, -0.05) is 66.7 Å². The molecule has 0 aromatic heterocycles. The third-order valence-electron chi connectivity index (χ3n) is 4.96. The fraction of sp³-hybridized carbons (Fsp3) is 0.360. The number of morpholine rings is 1. The van der Waals surface area contributed by atoms with Gasteiger partial charge in [0.1, 0.15) is 17.7 Å². The Balaban J connectivity index is 2.12. The summed E-state index contributed by atoms with van der Waals surface area (Å²) >= 11 is 0. The topological polar surface area (TPSA) is 55.8 Å². The van der Waals surface area contributed by atoms with Crippen LogP contribution in [0.25, 0.3) is 0 Å². The average molecular weight is 408 g/mol. The maximum atomic E-state index is 13.4. The zero-order chi connectivity index (χ0) is 21.7. The van der Waals surface area contributed by atoms with Crippen LogP contribution in [0.1, 0.15) is 56.9 Å². The van der Waals surface area contributed by atoms with Gasteiger partial charge in [0, 0.05) is 0 Å². The molecule has 1 heterocycles. The second-order valence-corrected chi connectivity index (χ2v) is 8.39. The van der Waals surface area contributed by atoms with Crippen LogP contribution in [0.2, 0.25) is 0 Å². The van der Waals surface area contributed by atoms with Crippen LogP contribution in [0.3, 0.4) is 0 Å². The first-order valence-electron chi connectivity index (χ1n) is 10.2. The summed E-state index contributed by atoms with van der Waals surface area (Å²) in [6.45, 7) is 9.21. The van der Waals surface area contributed by atoms with E-state index < -0.39 is 35.9 Å². The van der Waals surface area contributed by atoms with Crippen LogP contribution in [0.4, 0.5) is 4.79 Å². The Morgan fingerprint density at radius 3 is 2.17 bits per heavy atom. The molecule has 0 bridgehead atoms. The second-order valence-electron chi connectivity index (χ2n) is 8.39. The van der Waals surface area contributed by atoms with Crippen molar-refractivity contribution in [1.29, 1.82) is 0 Å². The lowest BCUT2D eigenvalue weighted by Crippen LogP contribution is -2.55. The molecule has 0 unspecified atom stereocenters. The third kappa shape index (κ3) is 4.90. The summed E-state index contributed by atoms with van der Waals surface area (Å²) in [5, 5.41) is 0. The van der Waals surface area contributed by atoms with Crippen molar-refractivity contribution in [2.75, 3.05) is 0 Å². The zero-order valence-corrected chi connectivity index (χ0v) is 17.8. The Kier molecular flexibility index (Phi) is 6.60. The van der Waals surface area contributed by atoms with Crippen LogP contribution in [0.15, 0.2) is 73.3 Å². The standard InChI is InChI=1S/C25H29NO4/c1-5-6-17-20-23(27)29-22(19-15-11-8-12-16-19)21(18-13-9-7-10-14-18)26(20)24(28)30-25(2,3)4/h5,7-16,20-22H,1,6,17H2,2-4H3/t20-,21-,22-/m0/s1. The van der Waals surface area contributed by atoms with E-state index in [9.17, 15) is 9.59 Å². The Bertz CT molecular complexity index is 873. The van der Waals surface area contributed by atoms with Crippen LogP contribution in [-0.2, 0) is 14.3 Å². The molecule has 2 aromatic rings. The number of esters is 1. The summed E-state index contributed by atoms with van der Waals surface area (Å²) in [6, 6.07) is 17.9. The van der Waals surface area contributed by atoms with Gasteiger partial charge in [0.25, 0.3) is 0 Å². The van der Waals surface area contributed by atoms with Crippen molar-refractivity contribution in [2.45, 2.75) is 57.4 Å². The van der Waals surface area contributed by atoms with Crippen LogP contribution < -0.4 is 0 Å². The Morgan fingerprint density at radius 1 is 1.07 bits per heavy atom. The molecule has 1 fully saturated rings. The van der Waals surface area contributed by atoms with Gasteiger partial charge < -0.3 is 9.47 Å². The fourth-order valence-electron chi connectivity index (χ4n) is 3.69. The lowest BCUT2D eigenvalue weighted by atomic mass is 9.90. The number of cyclic esters (lactones) is 1. The molecule has 1 aliphatic rings. The molecule has 30 heavy (non-hydrogen) atoms. The van der Waals surface area contributed by atoms with Crippen LogP contribution in [0, 0.1) is 0 Å². The fourth-order valence-corrected chi connectivity index (χ4v) is 3.69. The second kappa shape index (κ2) is 9.16. The molecule has 0 saturated carbocycles. The van der Waals surface area contributed by atoms with Gasteiger partial charge in [-0.15, -0.1) is 6.58 Å². The molecular formula is C25H29NO4. The van der Waals surface area contributed by atoms with Crippen molar-refractivity contribution in [3.8, 4) is 0 Å². The molecule has 5 nitrogen and oxygen atoms in total. The normalized spacial score (nSPS) is 21.6. The molecule has 3 atom stereocenters. The van der Waals surface area contributed by atoms with E-state index in [1.54, 1.807) is 11.0 Å². The molecular weight excluding hydrogens is 378 g/mol. The molecule has 1 saturated heterocycles. The van der Waals surface area contributed by atoms with E-state index in [4.69, 9.17) is 9.47 Å². The first kappa shape index (κ1) is 21.6. The van der Waals surface area contributed by atoms with Gasteiger partial charge in [-0.05, 0) is 44.7 Å². The SMILES string of the molecule is C=CCC[C@H]1C(=O)O[C@@H](c2ccccc2)[C@H](c2ccccc2)N1C(=O)OC(C)(C)C. The highest BCUT2D eigenvalue weighted by atomic mass is 16.6. The number of nitrogens with zero attached hydrogens (tertiary/aromatic N) is 1. The van der Waals surface area contributed by atoms with E-state index in [2.05, 4.69) is 6.58 Å². The van der Waals surface area contributed by atoms with E-state index in [-0.39, 0.29) is 0 Å². The summed E-state index contributed by atoms with van der Waals surface area (Å²) < 4.78 is 11.7. The number of benzene rings is 2. The Labute approximate surface area is 178 Å². The minimum absolute atomic E-state index is 0.423. The van der Waals surface area contributed by atoms with Gasteiger partial charge in [-0.3, -0.25) is 4.90 Å². The lowest BCUT2D eigenvalue weighted by Gasteiger charge is -2.45. The highest BCUT2D eigenvalue weighted by Crippen LogP contribution is 2.43. The third-order valence-corrected chi connectivity index (χ3v) is 4.96. The van der Waals surface area contributed by atoms with Gasteiger partial charge in [0.2, 0.25) is 0 Å². The van der Waals surface area contributed by atoms with E-state index in [1.165, 1.54) is 0 Å². The predicted molar refractivity (Wildman–Crippen MR) is 116 cm³/mol. The number of hydrogen-bond donors (Lipinski definition) is 0. The molecule has 158 valence electrons. The molecule has 2 aromatic carbocycles. The number of ether oxygens (including phenoxy) is 2. The van der Waals surface area contributed by atoms with Crippen molar-refractivity contribution < 1.29 is 19.1 Å². The summed E-state index contributed by atoms with van der Waals surface area (Å²) in [4.78, 5) is 28.0. The predicted octanol–water partition coefficient (Wildman–Crippen LogP) is 5.60. The summed E-state index contributed by atoms with van der Waals surface area (Å²) in [7, 11) is 0. The number of hydrogen-bond acceptors (Lipinski definition) is 4. The maximum Gasteiger partial charge on any atom is 0.411 e. The molecule has 0 aliphatic carbocycles. The monoisotopic (exact) mass is 407 g/mol. The minimum atomic E-state index is -0.747. The van der Waals surface area contributed by atoms with Crippen molar-refractivity contribution in [3.05, 3.63) is 84.4 Å². The van der Waals surface area contributed by atoms with Crippen molar-refractivity contribution in [2.24, 2.45) is 0 Å². The molecule has 0 spiro atoms. The number of allylic oxidation sites excluding steroid dienone is 1. The number of amides is 1. The minimum Gasteiger partial charge on any atom is -0.453 e. The Morgan fingerprint density at radius 2 is 1.63 bits per heavy atom. The average Bonchev–Trinajstić information content (AvgIpc) is 2.72. The van der Waals surface area contributed by atoms with Crippen molar-refractivity contribution in [3.63, 3.8) is 0 Å². The first-order chi connectivity index (χ1) is 14.3. The van der Waals surface area contributed by atoms with Gasteiger partial charge in [0.05, 0.1) is 0 Å².